The lowest BCUT2D eigenvalue weighted by molar-refractivity contribution is -0.106. The van der Waals surface area contributed by atoms with Gasteiger partial charge in [0.2, 0.25) is 0 Å². The summed E-state index contributed by atoms with van der Waals surface area (Å²) in [5, 5.41) is 0. The van der Waals surface area contributed by atoms with Crippen molar-refractivity contribution in [2.24, 2.45) is 5.73 Å². The zero-order valence-corrected chi connectivity index (χ0v) is 9.71. The molecule has 1 saturated carbocycles. The SMILES string of the molecule is NCCC1(OCCN2CCCC2)CCC1. The third kappa shape index (κ3) is 2.92. The first-order chi connectivity index (χ1) is 7.35. The van der Waals surface area contributed by atoms with E-state index in [-0.39, 0.29) is 5.60 Å². The van der Waals surface area contributed by atoms with Crippen molar-refractivity contribution in [2.75, 3.05) is 32.8 Å². The van der Waals surface area contributed by atoms with Crippen molar-refractivity contribution in [3.63, 3.8) is 0 Å². The van der Waals surface area contributed by atoms with Gasteiger partial charge in [0.1, 0.15) is 0 Å². The smallest absolute Gasteiger partial charge is 0.0695 e. The van der Waals surface area contributed by atoms with E-state index in [0.717, 1.165) is 26.1 Å². The lowest BCUT2D eigenvalue weighted by atomic mass is 9.77. The Balaban J connectivity index is 1.63. The second kappa shape index (κ2) is 5.28. The highest BCUT2D eigenvalue weighted by Crippen LogP contribution is 2.38. The lowest BCUT2D eigenvalue weighted by Crippen LogP contribution is -2.43. The van der Waals surface area contributed by atoms with Crippen LogP contribution in [0.25, 0.3) is 0 Å². The van der Waals surface area contributed by atoms with Gasteiger partial charge < -0.3 is 15.4 Å². The largest absolute Gasteiger partial charge is 0.374 e. The third-order valence-corrected chi connectivity index (χ3v) is 3.88. The van der Waals surface area contributed by atoms with Crippen molar-refractivity contribution < 1.29 is 4.74 Å². The number of nitrogens with two attached hydrogens (primary N) is 1. The van der Waals surface area contributed by atoms with Crippen LogP contribution in [0.4, 0.5) is 0 Å². The van der Waals surface area contributed by atoms with Crippen molar-refractivity contribution in [3.05, 3.63) is 0 Å². The average molecular weight is 212 g/mol. The molecule has 1 aliphatic carbocycles. The number of rotatable bonds is 6. The predicted molar refractivity (Wildman–Crippen MR) is 61.9 cm³/mol. The normalized spacial score (nSPS) is 25.4. The highest BCUT2D eigenvalue weighted by Gasteiger charge is 2.37. The first-order valence-corrected chi connectivity index (χ1v) is 6.41. The lowest BCUT2D eigenvalue weighted by Gasteiger charge is -2.42. The maximum atomic E-state index is 6.05. The Morgan fingerprint density at radius 3 is 2.40 bits per heavy atom. The van der Waals surface area contributed by atoms with Gasteiger partial charge in [0.25, 0.3) is 0 Å². The second-order valence-electron chi connectivity index (χ2n) is 4.97. The molecule has 1 heterocycles. The van der Waals surface area contributed by atoms with Crippen LogP contribution in [0, 0.1) is 0 Å². The van der Waals surface area contributed by atoms with Crippen LogP contribution in [0.1, 0.15) is 38.5 Å². The molecule has 0 aromatic heterocycles. The molecule has 2 aliphatic rings. The van der Waals surface area contributed by atoms with E-state index >= 15 is 0 Å². The molecule has 15 heavy (non-hydrogen) atoms. The highest BCUT2D eigenvalue weighted by atomic mass is 16.5. The Kier molecular flexibility index (Phi) is 4.00. The summed E-state index contributed by atoms with van der Waals surface area (Å²) in [4.78, 5) is 2.51. The quantitative estimate of drug-likeness (QED) is 0.722. The number of hydrogen-bond donors (Lipinski definition) is 1. The molecule has 2 rings (SSSR count). The molecule has 0 unspecified atom stereocenters. The van der Waals surface area contributed by atoms with E-state index < -0.39 is 0 Å². The van der Waals surface area contributed by atoms with E-state index in [4.69, 9.17) is 10.5 Å². The molecule has 0 bridgehead atoms. The monoisotopic (exact) mass is 212 g/mol. The standard InChI is InChI=1S/C12H24N2O/c13-7-6-12(4-3-5-12)15-11-10-14-8-1-2-9-14/h1-11,13H2. The third-order valence-electron chi connectivity index (χ3n) is 3.88. The molecule has 2 fully saturated rings. The maximum absolute atomic E-state index is 6.05. The molecule has 0 atom stereocenters. The minimum Gasteiger partial charge on any atom is -0.374 e. The van der Waals surface area contributed by atoms with Crippen LogP contribution < -0.4 is 5.73 Å². The molecule has 2 N–H and O–H groups in total. The minimum atomic E-state index is 0.175. The van der Waals surface area contributed by atoms with Gasteiger partial charge in [0, 0.05) is 6.54 Å². The van der Waals surface area contributed by atoms with E-state index in [2.05, 4.69) is 4.90 Å². The van der Waals surface area contributed by atoms with E-state index in [0.29, 0.717) is 0 Å². The van der Waals surface area contributed by atoms with Crippen LogP contribution in [0.15, 0.2) is 0 Å². The molecule has 0 aromatic carbocycles. The van der Waals surface area contributed by atoms with E-state index in [1.54, 1.807) is 0 Å². The zero-order chi connectivity index (χ0) is 10.6. The molecule has 1 aliphatic heterocycles. The Labute approximate surface area is 93.0 Å². The fourth-order valence-corrected chi connectivity index (χ4v) is 2.70. The van der Waals surface area contributed by atoms with E-state index in [1.807, 2.05) is 0 Å². The van der Waals surface area contributed by atoms with Crippen LogP contribution in [-0.2, 0) is 4.74 Å². The average Bonchev–Trinajstić information content (AvgIpc) is 2.67. The van der Waals surface area contributed by atoms with Gasteiger partial charge in [-0.05, 0) is 58.2 Å². The summed E-state index contributed by atoms with van der Waals surface area (Å²) in [6.07, 6.45) is 7.56. The molecule has 0 spiro atoms. The van der Waals surface area contributed by atoms with Gasteiger partial charge in [-0.3, -0.25) is 0 Å². The fraction of sp³-hybridized carbons (Fsp3) is 1.00. The van der Waals surface area contributed by atoms with Crippen LogP contribution in [-0.4, -0.2) is 43.3 Å². The molecule has 0 radical (unpaired) electrons. The summed E-state index contributed by atoms with van der Waals surface area (Å²) in [6.45, 7) is 5.33. The van der Waals surface area contributed by atoms with Gasteiger partial charge in [0.05, 0.1) is 12.2 Å². The highest BCUT2D eigenvalue weighted by molar-refractivity contribution is 4.90. The minimum absolute atomic E-state index is 0.175. The number of nitrogens with zero attached hydrogens (tertiary/aromatic N) is 1. The molecular weight excluding hydrogens is 188 g/mol. The number of likely N-dealkylation sites (tertiary alicyclic amines) is 1. The van der Waals surface area contributed by atoms with Gasteiger partial charge in [-0.1, -0.05) is 0 Å². The van der Waals surface area contributed by atoms with Crippen LogP contribution in [0.2, 0.25) is 0 Å². The molecule has 3 heteroatoms. The van der Waals surface area contributed by atoms with Crippen molar-refractivity contribution in [3.8, 4) is 0 Å². The molecular formula is C12H24N2O. The predicted octanol–water partition coefficient (Wildman–Crippen LogP) is 1.37. The summed E-state index contributed by atoms with van der Waals surface area (Å²) in [7, 11) is 0. The number of ether oxygens (including phenoxy) is 1. The molecule has 3 nitrogen and oxygen atoms in total. The Morgan fingerprint density at radius 1 is 1.13 bits per heavy atom. The summed E-state index contributed by atoms with van der Waals surface area (Å²) in [5.74, 6) is 0. The first-order valence-electron chi connectivity index (χ1n) is 6.41. The second-order valence-corrected chi connectivity index (χ2v) is 4.97. The maximum Gasteiger partial charge on any atom is 0.0695 e. The van der Waals surface area contributed by atoms with E-state index in [1.165, 1.54) is 45.2 Å². The Bertz CT molecular complexity index is 186. The van der Waals surface area contributed by atoms with Crippen molar-refractivity contribution >= 4 is 0 Å². The Hall–Kier alpha value is -0.120. The van der Waals surface area contributed by atoms with Crippen molar-refractivity contribution in [1.29, 1.82) is 0 Å². The first kappa shape index (κ1) is 11.4. The van der Waals surface area contributed by atoms with Crippen LogP contribution >= 0.6 is 0 Å². The van der Waals surface area contributed by atoms with Gasteiger partial charge in [-0.15, -0.1) is 0 Å². The van der Waals surface area contributed by atoms with Gasteiger partial charge in [-0.25, -0.2) is 0 Å². The Morgan fingerprint density at radius 2 is 1.87 bits per heavy atom. The summed E-state index contributed by atoms with van der Waals surface area (Å²) >= 11 is 0. The van der Waals surface area contributed by atoms with Gasteiger partial charge >= 0.3 is 0 Å². The molecule has 0 amide bonds. The molecule has 88 valence electrons. The van der Waals surface area contributed by atoms with Crippen molar-refractivity contribution in [2.45, 2.75) is 44.1 Å². The summed E-state index contributed by atoms with van der Waals surface area (Å²) in [6, 6.07) is 0. The van der Waals surface area contributed by atoms with Gasteiger partial charge in [-0.2, -0.15) is 0 Å². The summed E-state index contributed by atoms with van der Waals surface area (Å²) < 4.78 is 6.05. The summed E-state index contributed by atoms with van der Waals surface area (Å²) in [5.41, 5.74) is 5.80. The fourth-order valence-electron chi connectivity index (χ4n) is 2.70. The molecule has 1 saturated heterocycles. The van der Waals surface area contributed by atoms with Crippen LogP contribution in [0.3, 0.4) is 0 Å². The van der Waals surface area contributed by atoms with Crippen LogP contribution in [0.5, 0.6) is 0 Å². The number of hydrogen-bond acceptors (Lipinski definition) is 3. The van der Waals surface area contributed by atoms with Gasteiger partial charge in [0.15, 0.2) is 0 Å². The zero-order valence-electron chi connectivity index (χ0n) is 9.71. The molecule has 0 aromatic rings. The van der Waals surface area contributed by atoms with E-state index in [9.17, 15) is 0 Å². The topological polar surface area (TPSA) is 38.5 Å². The van der Waals surface area contributed by atoms with Crippen molar-refractivity contribution in [1.82, 2.24) is 4.90 Å².